The maximum atomic E-state index is 13.0. The number of methoxy groups -OCH3 is 2. The fourth-order valence-corrected chi connectivity index (χ4v) is 3.67. The molecule has 2 aromatic rings. The summed E-state index contributed by atoms with van der Waals surface area (Å²) < 4.78 is 22.6. The maximum Gasteiger partial charge on any atom is 0.252 e. The predicted molar refractivity (Wildman–Crippen MR) is 110 cm³/mol. The molecule has 1 aliphatic heterocycles. The number of carbonyl (C=O) groups is 1. The van der Waals surface area contributed by atoms with Gasteiger partial charge in [-0.15, -0.1) is 0 Å². The molecule has 2 aromatic carbocycles. The Bertz CT molecular complexity index is 843. The van der Waals surface area contributed by atoms with E-state index in [0.29, 0.717) is 40.5 Å². The van der Waals surface area contributed by atoms with Crippen molar-refractivity contribution in [2.45, 2.75) is 19.9 Å². The Morgan fingerprint density at radius 3 is 2.21 bits per heavy atom. The summed E-state index contributed by atoms with van der Waals surface area (Å²) >= 11 is 3.42. The average molecular weight is 450 g/mol. The van der Waals surface area contributed by atoms with Crippen molar-refractivity contribution < 1.29 is 23.7 Å². The van der Waals surface area contributed by atoms with Crippen LogP contribution in [0.2, 0.25) is 0 Å². The summed E-state index contributed by atoms with van der Waals surface area (Å²) in [7, 11) is 3.10. The van der Waals surface area contributed by atoms with Crippen molar-refractivity contribution in [1.29, 1.82) is 0 Å². The van der Waals surface area contributed by atoms with Gasteiger partial charge in [0.15, 0.2) is 11.5 Å². The number of carbonyl (C=O) groups excluding carboxylic acids is 1. The summed E-state index contributed by atoms with van der Waals surface area (Å²) in [5.74, 6) is 2.46. The Balaban J connectivity index is 1.88. The van der Waals surface area contributed by atoms with Gasteiger partial charge in [0.05, 0.1) is 20.3 Å². The number of nitrogens with one attached hydrogen (secondary N) is 1. The molecule has 28 heavy (non-hydrogen) atoms. The number of amides is 1. The molecule has 1 atom stereocenters. The highest BCUT2D eigenvalue weighted by Gasteiger charge is 2.23. The van der Waals surface area contributed by atoms with E-state index in [9.17, 15) is 4.79 Å². The molecule has 0 aromatic heterocycles. The van der Waals surface area contributed by atoms with Crippen LogP contribution in [0.25, 0.3) is 0 Å². The molecule has 1 heterocycles. The van der Waals surface area contributed by atoms with Crippen molar-refractivity contribution >= 4 is 21.8 Å². The lowest BCUT2D eigenvalue weighted by Crippen LogP contribution is -2.32. The Hall–Kier alpha value is -2.41. The molecule has 7 heteroatoms. The predicted octanol–water partition coefficient (Wildman–Crippen LogP) is 4.36. The molecule has 0 radical (unpaired) electrons. The van der Waals surface area contributed by atoms with Crippen molar-refractivity contribution in [2.75, 3.05) is 27.4 Å². The first-order valence-corrected chi connectivity index (χ1v) is 9.85. The molecule has 0 saturated carbocycles. The van der Waals surface area contributed by atoms with Crippen molar-refractivity contribution in [3.8, 4) is 23.0 Å². The third kappa shape index (κ3) is 4.19. The molecule has 3 rings (SSSR count). The fraction of sp³-hybridized carbons (Fsp3) is 0.381. The van der Waals surface area contributed by atoms with Crippen LogP contribution in [0.15, 0.2) is 34.8 Å². The van der Waals surface area contributed by atoms with Crippen LogP contribution in [-0.2, 0) is 0 Å². The number of rotatable bonds is 6. The molecule has 0 aliphatic carbocycles. The quantitative estimate of drug-likeness (QED) is 0.709. The van der Waals surface area contributed by atoms with Gasteiger partial charge >= 0.3 is 0 Å². The van der Waals surface area contributed by atoms with Gasteiger partial charge in [-0.3, -0.25) is 4.79 Å². The van der Waals surface area contributed by atoms with Gasteiger partial charge in [0.2, 0.25) is 0 Å². The summed E-state index contributed by atoms with van der Waals surface area (Å²) in [6, 6.07) is 8.95. The van der Waals surface area contributed by atoms with Crippen LogP contribution < -0.4 is 24.3 Å². The van der Waals surface area contributed by atoms with E-state index in [-0.39, 0.29) is 17.9 Å². The zero-order valence-electron chi connectivity index (χ0n) is 16.4. The van der Waals surface area contributed by atoms with Crippen LogP contribution in [0.1, 0.15) is 35.8 Å². The van der Waals surface area contributed by atoms with E-state index in [1.54, 1.807) is 26.4 Å². The molecule has 6 nitrogen and oxygen atoms in total. The molecule has 1 N–H and O–H groups in total. The van der Waals surface area contributed by atoms with Gasteiger partial charge in [0.1, 0.15) is 29.2 Å². The van der Waals surface area contributed by atoms with Gasteiger partial charge < -0.3 is 24.3 Å². The Morgan fingerprint density at radius 2 is 1.64 bits per heavy atom. The Morgan fingerprint density at radius 1 is 1.04 bits per heavy atom. The van der Waals surface area contributed by atoms with E-state index in [1.807, 2.05) is 18.2 Å². The molecule has 0 spiro atoms. The first-order chi connectivity index (χ1) is 13.4. The lowest BCUT2D eigenvalue weighted by atomic mass is 9.95. The van der Waals surface area contributed by atoms with Crippen molar-refractivity contribution in [2.24, 2.45) is 5.92 Å². The van der Waals surface area contributed by atoms with Crippen LogP contribution in [0, 0.1) is 5.92 Å². The minimum Gasteiger partial charge on any atom is -0.495 e. The molecule has 0 fully saturated rings. The number of benzene rings is 2. The lowest BCUT2D eigenvalue weighted by Gasteiger charge is -2.25. The molecule has 1 aliphatic rings. The SMILES string of the molecule is COc1cc(C(=O)NC(c2ccc3c(c2)OCCO3)C(C)C)cc(OC)c1Br. The van der Waals surface area contributed by atoms with E-state index in [4.69, 9.17) is 18.9 Å². The summed E-state index contributed by atoms with van der Waals surface area (Å²) in [4.78, 5) is 13.0. The van der Waals surface area contributed by atoms with E-state index in [0.717, 1.165) is 11.3 Å². The van der Waals surface area contributed by atoms with Crippen LogP contribution in [0.5, 0.6) is 23.0 Å². The van der Waals surface area contributed by atoms with Crippen LogP contribution >= 0.6 is 15.9 Å². The van der Waals surface area contributed by atoms with Crippen LogP contribution in [-0.4, -0.2) is 33.3 Å². The summed E-state index contributed by atoms with van der Waals surface area (Å²) in [5.41, 5.74) is 1.42. The monoisotopic (exact) mass is 449 g/mol. The van der Waals surface area contributed by atoms with Crippen LogP contribution in [0.3, 0.4) is 0 Å². The summed E-state index contributed by atoms with van der Waals surface area (Å²) in [6.07, 6.45) is 0. The topological polar surface area (TPSA) is 66.0 Å². The molecule has 1 unspecified atom stereocenters. The van der Waals surface area contributed by atoms with Crippen molar-refractivity contribution in [1.82, 2.24) is 5.32 Å². The molecule has 0 bridgehead atoms. The molecule has 0 saturated heterocycles. The fourth-order valence-electron chi connectivity index (χ4n) is 3.11. The molecule has 1 amide bonds. The summed E-state index contributed by atoms with van der Waals surface area (Å²) in [6.45, 7) is 5.19. The Kier molecular flexibility index (Phi) is 6.34. The van der Waals surface area contributed by atoms with Crippen molar-refractivity contribution in [3.63, 3.8) is 0 Å². The van der Waals surface area contributed by atoms with E-state index in [2.05, 4.69) is 35.1 Å². The molecular weight excluding hydrogens is 426 g/mol. The smallest absolute Gasteiger partial charge is 0.252 e. The third-order valence-electron chi connectivity index (χ3n) is 4.59. The second-order valence-corrected chi connectivity index (χ2v) is 7.59. The molecule has 150 valence electrons. The van der Waals surface area contributed by atoms with Gasteiger partial charge in [-0.2, -0.15) is 0 Å². The van der Waals surface area contributed by atoms with E-state index < -0.39 is 0 Å². The minimum absolute atomic E-state index is 0.172. The average Bonchev–Trinajstić information content (AvgIpc) is 2.71. The van der Waals surface area contributed by atoms with Gasteiger partial charge in [-0.25, -0.2) is 0 Å². The largest absolute Gasteiger partial charge is 0.495 e. The highest BCUT2D eigenvalue weighted by Crippen LogP contribution is 2.37. The number of fused-ring (bicyclic) bond motifs is 1. The standard InChI is InChI=1S/C21H24BrNO5/c1-12(2)20(13-5-6-15-16(9-13)28-8-7-27-15)23-21(24)14-10-17(25-3)19(22)18(11-14)26-4/h5-6,9-12,20H,7-8H2,1-4H3,(H,23,24). The number of hydrogen-bond donors (Lipinski definition) is 1. The zero-order valence-corrected chi connectivity index (χ0v) is 18.0. The highest BCUT2D eigenvalue weighted by atomic mass is 79.9. The van der Waals surface area contributed by atoms with Crippen LogP contribution in [0.4, 0.5) is 0 Å². The van der Waals surface area contributed by atoms with E-state index in [1.165, 1.54) is 0 Å². The van der Waals surface area contributed by atoms with Gasteiger partial charge in [0, 0.05) is 5.56 Å². The van der Waals surface area contributed by atoms with E-state index >= 15 is 0 Å². The summed E-state index contributed by atoms with van der Waals surface area (Å²) in [5, 5.41) is 3.12. The van der Waals surface area contributed by atoms with Gasteiger partial charge in [-0.1, -0.05) is 19.9 Å². The van der Waals surface area contributed by atoms with Gasteiger partial charge in [-0.05, 0) is 51.7 Å². The van der Waals surface area contributed by atoms with Crippen molar-refractivity contribution in [3.05, 3.63) is 45.9 Å². The first kappa shape index (κ1) is 20.3. The first-order valence-electron chi connectivity index (χ1n) is 9.06. The highest BCUT2D eigenvalue weighted by molar-refractivity contribution is 9.10. The zero-order chi connectivity index (χ0) is 20.3. The number of ether oxygens (including phenoxy) is 4. The second kappa shape index (κ2) is 8.73. The number of halogens is 1. The second-order valence-electron chi connectivity index (χ2n) is 6.79. The normalized spacial score (nSPS) is 13.8. The van der Waals surface area contributed by atoms with Gasteiger partial charge in [0.25, 0.3) is 5.91 Å². The Labute approximate surface area is 173 Å². The minimum atomic E-state index is -0.210. The third-order valence-corrected chi connectivity index (χ3v) is 5.37. The number of hydrogen-bond acceptors (Lipinski definition) is 5. The molecular formula is C21H24BrNO5. The maximum absolute atomic E-state index is 13.0. The lowest BCUT2D eigenvalue weighted by molar-refractivity contribution is 0.0924.